The first-order valence-corrected chi connectivity index (χ1v) is 7.90. The van der Waals surface area contributed by atoms with Crippen LogP contribution in [0.2, 0.25) is 0 Å². The molecule has 1 aromatic rings. The van der Waals surface area contributed by atoms with Crippen molar-refractivity contribution in [3.63, 3.8) is 0 Å². The number of likely N-dealkylation sites (N-methyl/N-ethyl adjacent to an activating group) is 1. The number of nitrogens with zero attached hydrogens (tertiary/aromatic N) is 4. The van der Waals surface area contributed by atoms with E-state index in [0.717, 1.165) is 37.2 Å². The third-order valence-electron chi connectivity index (χ3n) is 3.37. The van der Waals surface area contributed by atoms with Crippen LogP contribution in [0.1, 0.15) is 30.8 Å². The Morgan fingerprint density at radius 1 is 1.30 bits per heavy atom. The number of hydrogen-bond acceptors (Lipinski definition) is 4. The third-order valence-corrected chi connectivity index (χ3v) is 3.95. The summed E-state index contributed by atoms with van der Waals surface area (Å²) in [4.78, 5) is 16.7. The number of halogens is 1. The van der Waals surface area contributed by atoms with Crippen molar-refractivity contribution in [3.8, 4) is 0 Å². The monoisotopic (exact) mass is 344 g/mol. The molecule has 0 aliphatic heterocycles. The van der Waals surface area contributed by atoms with Gasteiger partial charge >= 0.3 is 0 Å². The van der Waals surface area contributed by atoms with Gasteiger partial charge in [-0.05, 0) is 43.1 Å². The molecule has 0 aliphatic rings. The quantitative estimate of drug-likeness (QED) is 0.643. The highest BCUT2D eigenvalue weighted by atomic mass is 79.9. The summed E-state index contributed by atoms with van der Waals surface area (Å²) in [5.74, 6) is 0.153. The highest BCUT2D eigenvalue weighted by Crippen LogP contribution is 2.18. The van der Waals surface area contributed by atoms with Crippen LogP contribution >= 0.6 is 15.9 Å². The lowest BCUT2D eigenvalue weighted by Gasteiger charge is -2.17. The lowest BCUT2D eigenvalue weighted by molar-refractivity contribution is 0.0954. The summed E-state index contributed by atoms with van der Waals surface area (Å²) in [7, 11) is 4.03. The van der Waals surface area contributed by atoms with Crippen molar-refractivity contribution >= 4 is 21.7 Å². The van der Waals surface area contributed by atoms with Crippen molar-refractivity contribution in [1.29, 1.82) is 0 Å². The first kappa shape index (κ1) is 17.3. The van der Waals surface area contributed by atoms with E-state index < -0.39 is 0 Å². The molecule has 114 valence electrons. The summed E-state index contributed by atoms with van der Waals surface area (Å²) >= 11 is 3.43. The van der Waals surface area contributed by atoms with E-state index in [2.05, 4.69) is 44.7 Å². The van der Waals surface area contributed by atoms with Crippen molar-refractivity contribution in [1.82, 2.24) is 19.6 Å². The Labute approximate surface area is 130 Å². The van der Waals surface area contributed by atoms with Crippen LogP contribution in [-0.4, -0.2) is 65.6 Å². The van der Waals surface area contributed by atoms with Crippen molar-refractivity contribution in [2.24, 2.45) is 0 Å². The maximum Gasteiger partial charge on any atom is 0.183 e. The second-order valence-corrected chi connectivity index (χ2v) is 5.92. The molecule has 0 saturated carbocycles. The lowest BCUT2D eigenvalue weighted by atomic mass is 10.2. The summed E-state index contributed by atoms with van der Waals surface area (Å²) in [6.45, 7) is 8.58. The van der Waals surface area contributed by atoms with E-state index in [-0.39, 0.29) is 5.78 Å². The molecule has 1 heterocycles. The van der Waals surface area contributed by atoms with Gasteiger partial charge in [0.25, 0.3) is 0 Å². The zero-order chi connectivity index (χ0) is 15.1. The maximum absolute atomic E-state index is 12.4. The number of hydrogen-bond donors (Lipinski definition) is 0. The van der Waals surface area contributed by atoms with E-state index >= 15 is 0 Å². The fourth-order valence-corrected chi connectivity index (χ4v) is 2.54. The van der Waals surface area contributed by atoms with E-state index in [1.165, 1.54) is 0 Å². The van der Waals surface area contributed by atoms with Crippen LogP contribution in [0.5, 0.6) is 0 Å². The second-order valence-electron chi connectivity index (χ2n) is 5.07. The topological polar surface area (TPSA) is 41.4 Å². The van der Waals surface area contributed by atoms with Gasteiger partial charge in [0.15, 0.2) is 5.78 Å². The van der Waals surface area contributed by atoms with Crippen LogP contribution in [0.3, 0.4) is 0 Å². The van der Waals surface area contributed by atoms with E-state index in [0.29, 0.717) is 12.1 Å². The molecule has 0 atom stereocenters. The SMILES string of the molecule is CCN(CC)CCC(=O)c1c(Br)cnn1CCN(C)C. The minimum Gasteiger partial charge on any atom is -0.308 e. The molecule has 0 N–H and O–H groups in total. The molecule has 6 heteroatoms. The molecule has 20 heavy (non-hydrogen) atoms. The molecule has 0 amide bonds. The number of Topliss-reactive ketones (excluding diaryl/α,β-unsaturated/α-hetero) is 1. The van der Waals surface area contributed by atoms with Crippen LogP contribution in [0.25, 0.3) is 0 Å². The Morgan fingerprint density at radius 2 is 1.95 bits per heavy atom. The smallest absolute Gasteiger partial charge is 0.183 e. The Bertz CT molecular complexity index is 427. The third kappa shape index (κ3) is 5.00. The van der Waals surface area contributed by atoms with Gasteiger partial charge in [-0.3, -0.25) is 9.48 Å². The normalized spacial score (nSPS) is 11.6. The fraction of sp³-hybridized carbons (Fsp3) is 0.714. The van der Waals surface area contributed by atoms with Crippen LogP contribution in [0, 0.1) is 0 Å². The van der Waals surface area contributed by atoms with E-state index in [1.807, 2.05) is 14.1 Å². The molecule has 0 aromatic carbocycles. The maximum atomic E-state index is 12.4. The number of rotatable bonds is 9. The second kappa shape index (κ2) is 8.54. The predicted molar refractivity (Wildman–Crippen MR) is 85.2 cm³/mol. The number of aromatic nitrogens is 2. The Kier molecular flexibility index (Phi) is 7.40. The van der Waals surface area contributed by atoms with Gasteiger partial charge < -0.3 is 9.80 Å². The van der Waals surface area contributed by atoms with Crippen LogP contribution in [0.15, 0.2) is 10.7 Å². The zero-order valence-corrected chi connectivity index (χ0v) is 14.5. The first-order chi connectivity index (χ1) is 9.49. The Hall–Kier alpha value is -0.720. The summed E-state index contributed by atoms with van der Waals surface area (Å²) in [6, 6.07) is 0. The molecular weight excluding hydrogens is 320 g/mol. The summed E-state index contributed by atoms with van der Waals surface area (Å²) < 4.78 is 2.59. The van der Waals surface area contributed by atoms with Crippen molar-refractivity contribution in [3.05, 3.63) is 16.4 Å². The molecule has 0 unspecified atom stereocenters. The van der Waals surface area contributed by atoms with Gasteiger partial charge in [-0.2, -0.15) is 5.10 Å². The standard InChI is InChI=1S/C14H25BrN4O/c1-5-18(6-2)8-7-13(20)14-12(15)11-16-19(14)10-9-17(3)4/h11H,5-10H2,1-4H3. The Balaban J connectivity index is 2.69. The summed E-state index contributed by atoms with van der Waals surface area (Å²) in [5, 5.41) is 4.28. The van der Waals surface area contributed by atoms with E-state index in [4.69, 9.17) is 0 Å². The highest BCUT2D eigenvalue weighted by Gasteiger charge is 2.17. The molecule has 0 saturated heterocycles. The zero-order valence-electron chi connectivity index (χ0n) is 12.9. The van der Waals surface area contributed by atoms with Crippen LogP contribution < -0.4 is 0 Å². The van der Waals surface area contributed by atoms with Gasteiger partial charge in [0.2, 0.25) is 0 Å². The minimum absolute atomic E-state index is 0.153. The number of ketones is 1. The number of carbonyl (C=O) groups is 1. The predicted octanol–water partition coefficient (Wildman–Crippen LogP) is 2.12. The lowest BCUT2D eigenvalue weighted by Crippen LogP contribution is -2.27. The number of carbonyl (C=O) groups excluding carboxylic acids is 1. The van der Waals surface area contributed by atoms with Gasteiger partial charge in [-0.15, -0.1) is 0 Å². The fourth-order valence-electron chi connectivity index (χ4n) is 2.02. The largest absolute Gasteiger partial charge is 0.308 e. The molecule has 0 spiro atoms. The van der Waals surface area contributed by atoms with Crippen molar-refractivity contribution < 1.29 is 4.79 Å². The van der Waals surface area contributed by atoms with E-state index in [9.17, 15) is 4.79 Å². The summed E-state index contributed by atoms with van der Waals surface area (Å²) in [5.41, 5.74) is 0.694. The molecule has 0 radical (unpaired) electrons. The molecule has 1 rings (SSSR count). The average Bonchev–Trinajstić information content (AvgIpc) is 2.78. The first-order valence-electron chi connectivity index (χ1n) is 7.11. The van der Waals surface area contributed by atoms with Gasteiger partial charge in [0.05, 0.1) is 17.2 Å². The van der Waals surface area contributed by atoms with Gasteiger partial charge in [0.1, 0.15) is 5.69 Å². The molecule has 0 bridgehead atoms. The van der Waals surface area contributed by atoms with Crippen molar-refractivity contribution in [2.75, 3.05) is 40.3 Å². The average molecular weight is 345 g/mol. The molecule has 5 nitrogen and oxygen atoms in total. The van der Waals surface area contributed by atoms with E-state index in [1.54, 1.807) is 10.9 Å². The minimum atomic E-state index is 0.153. The van der Waals surface area contributed by atoms with Crippen molar-refractivity contribution in [2.45, 2.75) is 26.8 Å². The van der Waals surface area contributed by atoms with Gasteiger partial charge in [0, 0.05) is 19.5 Å². The Morgan fingerprint density at radius 3 is 2.50 bits per heavy atom. The molecule has 1 aromatic heterocycles. The summed E-state index contributed by atoms with van der Waals surface area (Å²) in [6.07, 6.45) is 2.24. The molecule has 0 fully saturated rings. The van der Waals surface area contributed by atoms with Gasteiger partial charge in [-0.25, -0.2) is 0 Å². The highest BCUT2D eigenvalue weighted by molar-refractivity contribution is 9.10. The van der Waals surface area contributed by atoms with Gasteiger partial charge in [-0.1, -0.05) is 13.8 Å². The van der Waals surface area contributed by atoms with Crippen LogP contribution in [-0.2, 0) is 6.54 Å². The molecule has 0 aliphatic carbocycles. The molecular formula is C14H25BrN4O. The van der Waals surface area contributed by atoms with Crippen LogP contribution in [0.4, 0.5) is 0 Å².